The van der Waals surface area contributed by atoms with Crippen molar-refractivity contribution in [1.29, 1.82) is 0 Å². The fourth-order valence-corrected chi connectivity index (χ4v) is 5.54. The van der Waals surface area contributed by atoms with Crippen LogP contribution in [0.25, 0.3) is 11.1 Å². The van der Waals surface area contributed by atoms with Gasteiger partial charge in [0.25, 0.3) is 0 Å². The second-order valence-electron chi connectivity index (χ2n) is 8.98. The molecule has 0 saturated carbocycles. The van der Waals surface area contributed by atoms with Gasteiger partial charge in [0.1, 0.15) is 11.5 Å². The molecule has 0 bridgehead atoms. The standard InChI is InChI=1S/C23H26N2O5S/c1-23(2,3)13-9-10-14-17(11-13)31-20(19(14)21(27)29-4)24-18(26)12-25-15-7-5-6-8-16(15)30-22(25)28/h5-8,13H,9-12H2,1-4H3,(H,24,26)/t13-/m0/s1. The van der Waals surface area contributed by atoms with E-state index in [1.165, 1.54) is 23.0 Å². The maximum atomic E-state index is 12.8. The summed E-state index contributed by atoms with van der Waals surface area (Å²) in [6.45, 7) is 6.48. The summed E-state index contributed by atoms with van der Waals surface area (Å²) in [5, 5.41) is 3.33. The number of carbonyl (C=O) groups excluding carboxylic acids is 2. The fourth-order valence-electron chi connectivity index (χ4n) is 4.20. The quantitative estimate of drug-likeness (QED) is 0.611. The average Bonchev–Trinajstić information content (AvgIpc) is 3.23. The van der Waals surface area contributed by atoms with E-state index in [0.717, 1.165) is 29.7 Å². The normalized spacial score (nSPS) is 16.2. The summed E-state index contributed by atoms with van der Waals surface area (Å²) in [6, 6.07) is 6.95. The van der Waals surface area contributed by atoms with Gasteiger partial charge in [-0.3, -0.25) is 9.36 Å². The molecule has 0 spiro atoms. The van der Waals surface area contributed by atoms with Crippen molar-refractivity contribution in [1.82, 2.24) is 4.57 Å². The van der Waals surface area contributed by atoms with Crippen LogP contribution in [0.3, 0.4) is 0 Å². The number of rotatable bonds is 4. The molecule has 0 radical (unpaired) electrons. The van der Waals surface area contributed by atoms with Crippen molar-refractivity contribution in [2.24, 2.45) is 11.3 Å². The number of hydrogen-bond donors (Lipinski definition) is 1. The zero-order valence-electron chi connectivity index (χ0n) is 18.1. The van der Waals surface area contributed by atoms with Crippen molar-refractivity contribution >= 4 is 39.3 Å². The van der Waals surface area contributed by atoms with Crippen LogP contribution in [0.1, 0.15) is 48.0 Å². The minimum Gasteiger partial charge on any atom is -0.465 e. The van der Waals surface area contributed by atoms with E-state index in [9.17, 15) is 14.4 Å². The Morgan fingerprint density at radius 1 is 1.29 bits per heavy atom. The third kappa shape index (κ3) is 4.04. The summed E-state index contributed by atoms with van der Waals surface area (Å²) in [5.74, 6) is -0.940. The van der Waals surface area contributed by atoms with Crippen LogP contribution in [0.5, 0.6) is 0 Å². The van der Waals surface area contributed by atoms with Crippen LogP contribution in [0, 0.1) is 11.3 Å². The number of benzene rings is 1. The summed E-state index contributed by atoms with van der Waals surface area (Å²) in [7, 11) is 1.34. The first-order valence-corrected chi connectivity index (χ1v) is 11.1. The van der Waals surface area contributed by atoms with Gasteiger partial charge >= 0.3 is 11.7 Å². The number of para-hydroxylation sites is 2. The zero-order valence-corrected chi connectivity index (χ0v) is 18.9. The van der Waals surface area contributed by atoms with E-state index in [2.05, 4.69) is 26.1 Å². The van der Waals surface area contributed by atoms with E-state index in [0.29, 0.717) is 27.6 Å². The van der Waals surface area contributed by atoms with E-state index < -0.39 is 17.6 Å². The smallest absolute Gasteiger partial charge is 0.420 e. The number of oxazole rings is 1. The molecule has 0 fully saturated rings. The number of esters is 1. The molecule has 4 rings (SSSR count). The van der Waals surface area contributed by atoms with Crippen LogP contribution in [-0.4, -0.2) is 23.6 Å². The summed E-state index contributed by atoms with van der Waals surface area (Å²) in [6.07, 6.45) is 2.64. The molecule has 7 nitrogen and oxygen atoms in total. The summed E-state index contributed by atoms with van der Waals surface area (Å²) < 4.78 is 11.5. The van der Waals surface area contributed by atoms with Gasteiger partial charge in [-0.1, -0.05) is 32.9 Å². The highest BCUT2D eigenvalue weighted by molar-refractivity contribution is 7.17. The third-order valence-electron chi connectivity index (χ3n) is 6.01. The van der Waals surface area contributed by atoms with Gasteiger partial charge < -0.3 is 14.5 Å². The number of thiophene rings is 1. The van der Waals surface area contributed by atoms with Crippen LogP contribution >= 0.6 is 11.3 Å². The number of amides is 1. The van der Waals surface area contributed by atoms with Gasteiger partial charge in [-0.25, -0.2) is 9.59 Å². The van der Waals surface area contributed by atoms with Crippen molar-refractivity contribution < 1.29 is 18.7 Å². The largest absolute Gasteiger partial charge is 0.465 e. The molecule has 0 saturated heterocycles. The number of anilines is 1. The van der Waals surface area contributed by atoms with E-state index in [1.807, 2.05) is 0 Å². The number of ether oxygens (including phenoxy) is 1. The molecule has 2 heterocycles. The lowest BCUT2D eigenvalue weighted by Gasteiger charge is -2.33. The minimum atomic E-state index is -0.594. The van der Waals surface area contributed by atoms with Crippen molar-refractivity contribution in [2.45, 2.75) is 46.6 Å². The zero-order chi connectivity index (χ0) is 22.3. The van der Waals surface area contributed by atoms with Gasteiger partial charge in [0, 0.05) is 4.88 Å². The maximum absolute atomic E-state index is 12.8. The second kappa shape index (κ2) is 8.00. The average molecular weight is 443 g/mol. The molecule has 31 heavy (non-hydrogen) atoms. The number of hydrogen-bond acceptors (Lipinski definition) is 6. The number of nitrogens with one attached hydrogen (secondary N) is 1. The Labute approximate surface area is 184 Å². The highest BCUT2D eigenvalue weighted by atomic mass is 32.1. The van der Waals surface area contributed by atoms with Crippen molar-refractivity contribution in [2.75, 3.05) is 12.4 Å². The van der Waals surface area contributed by atoms with E-state index >= 15 is 0 Å². The van der Waals surface area contributed by atoms with Crippen LogP contribution < -0.4 is 11.1 Å². The molecule has 1 N–H and O–H groups in total. The van der Waals surface area contributed by atoms with Gasteiger partial charge in [-0.2, -0.15) is 0 Å². The van der Waals surface area contributed by atoms with Crippen LogP contribution in [0.15, 0.2) is 33.5 Å². The molecule has 1 aliphatic rings. The predicted molar refractivity (Wildman–Crippen MR) is 120 cm³/mol. The second-order valence-corrected chi connectivity index (χ2v) is 10.1. The Morgan fingerprint density at radius 3 is 2.74 bits per heavy atom. The SMILES string of the molecule is COC(=O)c1c(NC(=O)Cn2c(=O)oc3ccccc32)sc2c1CC[C@H](C(C)(C)C)C2. The highest BCUT2D eigenvalue weighted by Crippen LogP contribution is 2.44. The van der Waals surface area contributed by atoms with E-state index in [1.54, 1.807) is 24.3 Å². The lowest BCUT2D eigenvalue weighted by atomic mass is 9.72. The Balaban J connectivity index is 1.63. The molecule has 0 unspecified atom stereocenters. The van der Waals surface area contributed by atoms with Crippen molar-refractivity contribution in [3.63, 3.8) is 0 Å². The van der Waals surface area contributed by atoms with Gasteiger partial charge in [-0.15, -0.1) is 11.3 Å². The lowest BCUT2D eigenvalue weighted by Crippen LogP contribution is -2.27. The van der Waals surface area contributed by atoms with Crippen molar-refractivity contribution in [3.8, 4) is 0 Å². The van der Waals surface area contributed by atoms with Gasteiger partial charge in [0.2, 0.25) is 5.91 Å². The molecule has 3 aromatic rings. The molecule has 164 valence electrons. The number of nitrogens with zero attached hydrogens (tertiary/aromatic N) is 1. The van der Waals surface area contributed by atoms with Crippen LogP contribution in [-0.2, 0) is 28.9 Å². The van der Waals surface area contributed by atoms with Gasteiger partial charge in [-0.05, 0) is 48.3 Å². The first kappa shape index (κ1) is 21.4. The van der Waals surface area contributed by atoms with E-state index in [4.69, 9.17) is 9.15 Å². The Morgan fingerprint density at radius 2 is 2.03 bits per heavy atom. The molecule has 8 heteroatoms. The molecular weight excluding hydrogens is 416 g/mol. The summed E-state index contributed by atoms with van der Waals surface area (Å²) in [4.78, 5) is 38.7. The molecule has 1 atom stereocenters. The Kier molecular flexibility index (Phi) is 5.51. The fraction of sp³-hybridized carbons (Fsp3) is 0.435. The van der Waals surface area contributed by atoms with Crippen LogP contribution in [0.4, 0.5) is 5.00 Å². The monoisotopic (exact) mass is 442 g/mol. The van der Waals surface area contributed by atoms with Gasteiger partial charge in [0.05, 0.1) is 18.2 Å². The van der Waals surface area contributed by atoms with E-state index in [-0.39, 0.29) is 12.0 Å². The number of fused-ring (bicyclic) bond motifs is 2. The molecule has 1 aromatic carbocycles. The molecule has 1 aliphatic carbocycles. The summed E-state index contributed by atoms with van der Waals surface area (Å²) in [5.41, 5.74) is 2.55. The number of methoxy groups -OCH3 is 1. The molecule has 0 aliphatic heterocycles. The number of aromatic nitrogens is 1. The molecule has 2 aromatic heterocycles. The molecular formula is C23H26N2O5S. The number of carbonyl (C=O) groups is 2. The summed E-state index contributed by atoms with van der Waals surface area (Å²) >= 11 is 1.43. The van der Waals surface area contributed by atoms with Crippen molar-refractivity contribution in [3.05, 3.63) is 50.8 Å². The topological polar surface area (TPSA) is 90.5 Å². The molecule has 1 amide bonds. The highest BCUT2D eigenvalue weighted by Gasteiger charge is 2.34. The maximum Gasteiger partial charge on any atom is 0.420 e. The van der Waals surface area contributed by atoms with Gasteiger partial charge in [0.15, 0.2) is 5.58 Å². The van der Waals surface area contributed by atoms with Crippen LogP contribution in [0.2, 0.25) is 0 Å². The Hall–Kier alpha value is -2.87. The first-order chi connectivity index (χ1) is 14.7. The minimum absolute atomic E-state index is 0.167. The predicted octanol–water partition coefficient (Wildman–Crippen LogP) is 4.23. The Bertz CT molecular complexity index is 1210. The first-order valence-electron chi connectivity index (χ1n) is 10.3. The lowest BCUT2D eigenvalue weighted by molar-refractivity contribution is -0.116. The third-order valence-corrected chi connectivity index (χ3v) is 7.18.